The van der Waals surface area contributed by atoms with Crippen molar-refractivity contribution < 1.29 is 19.4 Å². The molecule has 1 amide bonds. The number of rotatable bonds is 4. The van der Waals surface area contributed by atoms with E-state index in [4.69, 9.17) is 16.3 Å². The molecular formula is C26H22ClNO4. The second-order valence-corrected chi connectivity index (χ2v) is 8.09. The highest BCUT2D eigenvalue weighted by Crippen LogP contribution is 2.45. The first-order valence-electron chi connectivity index (χ1n) is 10.1. The smallest absolute Gasteiger partial charge is 0.300 e. The predicted molar refractivity (Wildman–Crippen MR) is 125 cm³/mol. The molecule has 6 heteroatoms. The first kappa shape index (κ1) is 21.7. The zero-order valence-corrected chi connectivity index (χ0v) is 18.7. The highest BCUT2D eigenvalue weighted by molar-refractivity contribution is 6.52. The van der Waals surface area contributed by atoms with Gasteiger partial charge in [-0.1, -0.05) is 54.1 Å². The zero-order valence-electron chi connectivity index (χ0n) is 17.9. The van der Waals surface area contributed by atoms with Crippen LogP contribution in [0.2, 0.25) is 5.02 Å². The molecule has 0 radical (unpaired) electrons. The van der Waals surface area contributed by atoms with Gasteiger partial charge in [0, 0.05) is 10.7 Å². The van der Waals surface area contributed by atoms with Gasteiger partial charge in [-0.2, -0.15) is 0 Å². The van der Waals surface area contributed by atoms with E-state index in [1.807, 2.05) is 56.3 Å². The minimum absolute atomic E-state index is 0.00637. The molecule has 162 valence electrons. The molecule has 1 heterocycles. The third-order valence-corrected chi connectivity index (χ3v) is 5.95. The third-order valence-electron chi connectivity index (χ3n) is 5.72. The van der Waals surface area contributed by atoms with Gasteiger partial charge in [-0.05, 0) is 54.8 Å². The Hall–Kier alpha value is -3.57. The Kier molecular flexibility index (Phi) is 5.76. The first-order valence-corrected chi connectivity index (χ1v) is 10.5. The summed E-state index contributed by atoms with van der Waals surface area (Å²) in [6.07, 6.45) is 0. The highest BCUT2D eigenvalue weighted by Gasteiger charge is 2.47. The first-order chi connectivity index (χ1) is 15.3. The fraction of sp³-hybridized carbons (Fsp3) is 0.154. The Morgan fingerprint density at radius 2 is 1.62 bits per heavy atom. The molecule has 0 aliphatic carbocycles. The number of anilines is 1. The average Bonchev–Trinajstić information content (AvgIpc) is 3.04. The van der Waals surface area contributed by atoms with Crippen LogP contribution in [0.5, 0.6) is 5.75 Å². The minimum atomic E-state index is -0.805. The SMILES string of the molecule is COc1ccc(Cl)cc1/C(O)=C1\C(=O)C(=O)N(c2ccccc2C)C1c1ccccc1C. The summed E-state index contributed by atoms with van der Waals surface area (Å²) in [4.78, 5) is 28.1. The molecule has 4 rings (SSSR count). The number of para-hydroxylation sites is 1. The van der Waals surface area contributed by atoms with Gasteiger partial charge < -0.3 is 9.84 Å². The summed E-state index contributed by atoms with van der Waals surface area (Å²) >= 11 is 6.16. The van der Waals surface area contributed by atoms with Gasteiger partial charge in [-0.15, -0.1) is 0 Å². The third kappa shape index (κ3) is 3.55. The van der Waals surface area contributed by atoms with E-state index in [-0.39, 0.29) is 16.9 Å². The van der Waals surface area contributed by atoms with E-state index in [9.17, 15) is 14.7 Å². The summed E-state index contributed by atoms with van der Waals surface area (Å²) in [6, 6.07) is 18.8. The van der Waals surface area contributed by atoms with Crippen LogP contribution in [-0.2, 0) is 9.59 Å². The number of ketones is 1. The monoisotopic (exact) mass is 447 g/mol. The number of halogens is 1. The normalized spacial score (nSPS) is 17.6. The Morgan fingerprint density at radius 3 is 2.28 bits per heavy atom. The molecule has 1 aliphatic rings. The molecule has 1 aliphatic heterocycles. The van der Waals surface area contributed by atoms with Crippen LogP contribution < -0.4 is 9.64 Å². The maximum absolute atomic E-state index is 13.3. The van der Waals surface area contributed by atoms with Crippen LogP contribution in [0, 0.1) is 13.8 Å². The van der Waals surface area contributed by atoms with Gasteiger partial charge in [-0.3, -0.25) is 14.5 Å². The lowest BCUT2D eigenvalue weighted by molar-refractivity contribution is -0.132. The molecule has 1 unspecified atom stereocenters. The number of amides is 1. The summed E-state index contributed by atoms with van der Waals surface area (Å²) in [5.41, 5.74) is 3.34. The molecule has 1 atom stereocenters. The highest BCUT2D eigenvalue weighted by atomic mass is 35.5. The number of carbonyl (C=O) groups is 2. The molecule has 0 spiro atoms. The van der Waals surface area contributed by atoms with Crippen molar-refractivity contribution in [1.82, 2.24) is 0 Å². The number of methoxy groups -OCH3 is 1. The van der Waals surface area contributed by atoms with Gasteiger partial charge in [0.15, 0.2) is 0 Å². The second-order valence-electron chi connectivity index (χ2n) is 7.66. The van der Waals surface area contributed by atoms with E-state index >= 15 is 0 Å². The minimum Gasteiger partial charge on any atom is -0.507 e. The maximum Gasteiger partial charge on any atom is 0.300 e. The van der Waals surface area contributed by atoms with Crippen LogP contribution in [0.1, 0.15) is 28.3 Å². The summed E-state index contributed by atoms with van der Waals surface area (Å²) in [7, 11) is 1.46. The number of carbonyl (C=O) groups excluding carboxylic acids is 2. The van der Waals surface area contributed by atoms with Crippen LogP contribution in [0.4, 0.5) is 5.69 Å². The maximum atomic E-state index is 13.3. The zero-order chi connectivity index (χ0) is 23.0. The number of aliphatic hydroxyl groups excluding tert-OH is 1. The molecule has 0 bridgehead atoms. The van der Waals surface area contributed by atoms with Crippen molar-refractivity contribution in [3.63, 3.8) is 0 Å². The molecule has 1 fully saturated rings. The topological polar surface area (TPSA) is 66.8 Å². The molecule has 3 aromatic carbocycles. The number of Topliss-reactive ketones (excluding diaryl/α,β-unsaturated/α-hetero) is 1. The number of ether oxygens (including phenoxy) is 1. The number of aryl methyl sites for hydroxylation is 2. The van der Waals surface area contributed by atoms with Gasteiger partial charge in [0.05, 0.1) is 24.3 Å². The number of hydrogen-bond donors (Lipinski definition) is 1. The number of nitrogens with zero attached hydrogens (tertiary/aromatic N) is 1. The fourth-order valence-corrected chi connectivity index (χ4v) is 4.28. The Morgan fingerprint density at radius 1 is 0.969 bits per heavy atom. The van der Waals surface area contributed by atoms with Crippen molar-refractivity contribution >= 4 is 34.7 Å². The quantitative estimate of drug-likeness (QED) is 0.321. The van der Waals surface area contributed by atoms with Crippen LogP contribution in [0.25, 0.3) is 5.76 Å². The number of benzene rings is 3. The van der Waals surface area contributed by atoms with Gasteiger partial charge in [0.2, 0.25) is 0 Å². The predicted octanol–water partition coefficient (Wildman–Crippen LogP) is 5.59. The van der Waals surface area contributed by atoms with Crippen molar-refractivity contribution in [3.05, 3.63) is 99.6 Å². The molecule has 3 aromatic rings. The van der Waals surface area contributed by atoms with Crippen molar-refractivity contribution in [2.24, 2.45) is 0 Å². The molecule has 1 saturated heterocycles. The Bertz CT molecular complexity index is 1260. The van der Waals surface area contributed by atoms with Crippen molar-refractivity contribution in [1.29, 1.82) is 0 Å². The molecule has 0 saturated carbocycles. The molecule has 32 heavy (non-hydrogen) atoms. The van der Waals surface area contributed by atoms with Gasteiger partial charge >= 0.3 is 0 Å². The average molecular weight is 448 g/mol. The van der Waals surface area contributed by atoms with Gasteiger partial charge in [-0.25, -0.2) is 0 Å². The largest absolute Gasteiger partial charge is 0.507 e. The second kappa shape index (κ2) is 8.52. The van der Waals surface area contributed by atoms with Crippen LogP contribution in [0.3, 0.4) is 0 Å². The summed E-state index contributed by atoms with van der Waals surface area (Å²) in [6.45, 7) is 3.79. The molecule has 0 aromatic heterocycles. The lowest BCUT2D eigenvalue weighted by Crippen LogP contribution is -2.30. The Labute approximate surface area is 191 Å². The van der Waals surface area contributed by atoms with Crippen molar-refractivity contribution in [2.45, 2.75) is 19.9 Å². The summed E-state index contributed by atoms with van der Waals surface area (Å²) in [5.74, 6) is -1.44. The number of hydrogen-bond acceptors (Lipinski definition) is 4. The van der Waals surface area contributed by atoms with E-state index in [1.165, 1.54) is 18.1 Å². The van der Waals surface area contributed by atoms with Gasteiger partial charge in [0.25, 0.3) is 11.7 Å². The molecule has 1 N–H and O–H groups in total. The van der Waals surface area contributed by atoms with Crippen LogP contribution in [0.15, 0.2) is 72.3 Å². The summed E-state index contributed by atoms with van der Waals surface area (Å²) < 4.78 is 5.38. The van der Waals surface area contributed by atoms with E-state index in [0.29, 0.717) is 16.5 Å². The molecular weight excluding hydrogens is 426 g/mol. The van der Waals surface area contributed by atoms with Crippen molar-refractivity contribution in [3.8, 4) is 5.75 Å². The van der Waals surface area contributed by atoms with E-state index in [2.05, 4.69) is 0 Å². The van der Waals surface area contributed by atoms with E-state index in [1.54, 1.807) is 18.2 Å². The Balaban J connectivity index is 2.04. The lowest BCUT2D eigenvalue weighted by Gasteiger charge is -2.28. The molecule has 5 nitrogen and oxygen atoms in total. The van der Waals surface area contributed by atoms with E-state index in [0.717, 1.165) is 16.7 Å². The standard InChI is InChI=1S/C26H22ClNO4/c1-15-8-4-6-10-18(15)23-22(24(29)19-14-17(27)12-13-21(19)32-3)25(30)26(31)28(23)20-11-7-5-9-16(20)2/h4-14,23,29H,1-3H3/b24-22+. The van der Waals surface area contributed by atoms with Crippen LogP contribution in [-0.4, -0.2) is 23.9 Å². The summed E-state index contributed by atoms with van der Waals surface area (Å²) in [5, 5.41) is 11.7. The lowest BCUT2D eigenvalue weighted by atomic mass is 9.92. The van der Waals surface area contributed by atoms with Crippen LogP contribution >= 0.6 is 11.6 Å². The van der Waals surface area contributed by atoms with Gasteiger partial charge in [0.1, 0.15) is 11.5 Å². The van der Waals surface area contributed by atoms with E-state index < -0.39 is 17.7 Å². The fourth-order valence-electron chi connectivity index (χ4n) is 4.11. The number of aliphatic hydroxyl groups is 1. The van der Waals surface area contributed by atoms with Crippen molar-refractivity contribution in [2.75, 3.05) is 12.0 Å².